The number of carbonyl (C=O) groups is 1. The van der Waals surface area contributed by atoms with Gasteiger partial charge in [0.2, 0.25) is 0 Å². The van der Waals surface area contributed by atoms with Crippen LogP contribution in [-0.2, 0) is 0 Å². The summed E-state index contributed by atoms with van der Waals surface area (Å²) in [6.07, 6.45) is 0. The van der Waals surface area contributed by atoms with Crippen molar-refractivity contribution in [1.29, 1.82) is 0 Å². The summed E-state index contributed by atoms with van der Waals surface area (Å²) in [7, 11) is 0. The van der Waals surface area contributed by atoms with E-state index in [1.54, 1.807) is 0 Å². The van der Waals surface area contributed by atoms with Crippen molar-refractivity contribution in [1.82, 2.24) is 0 Å². The highest BCUT2D eigenvalue weighted by Gasteiger charge is 2.13. The highest BCUT2D eigenvalue weighted by Crippen LogP contribution is 2.27. The molecular weight excluding hydrogens is 286 g/mol. The number of amides is 2. The summed E-state index contributed by atoms with van der Waals surface area (Å²) in [5, 5.41) is 5.13. The maximum absolute atomic E-state index is 13.6. The lowest BCUT2D eigenvalue weighted by molar-refractivity contribution is 0.262. The van der Waals surface area contributed by atoms with Crippen LogP contribution in [0.1, 0.15) is 30.9 Å². The Kier molecular flexibility index (Phi) is 4.75. The molecule has 0 bridgehead atoms. The van der Waals surface area contributed by atoms with E-state index in [2.05, 4.69) is 10.6 Å². The van der Waals surface area contributed by atoms with E-state index in [0.717, 1.165) is 23.3 Å². The van der Waals surface area contributed by atoms with Crippen LogP contribution in [0.3, 0.4) is 0 Å². The summed E-state index contributed by atoms with van der Waals surface area (Å²) in [4.78, 5) is 12.1. The number of hydrogen-bond donors (Lipinski definition) is 2. The van der Waals surface area contributed by atoms with Crippen LogP contribution in [0.15, 0.2) is 36.4 Å². The van der Waals surface area contributed by atoms with E-state index in [1.807, 2.05) is 39.0 Å². The maximum atomic E-state index is 13.6. The molecule has 0 heterocycles. The minimum absolute atomic E-state index is 0.0708. The second-order valence-electron chi connectivity index (χ2n) is 5.40. The van der Waals surface area contributed by atoms with Crippen molar-refractivity contribution in [3.05, 3.63) is 59.2 Å². The molecule has 2 aromatic rings. The summed E-state index contributed by atoms with van der Waals surface area (Å²) >= 11 is 0. The quantitative estimate of drug-likeness (QED) is 0.819. The monoisotopic (exact) mass is 304 g/mol. The fourth-order valence-electron chi connectivity index (χ4n) is 2.20. The average Bonchev–Trinajstić information content (AvgIpc) is 2.44. The largest absolute Gasteiger partial charge is 0.323 e. The zero-order chi connectivity index (χ0) is 16.3. The number of rotatable bonds is 3. The Morgan fingerprint density at radius 3 is 2.45 bits per heavy atom. The molecule has 0 saturated heterocycles. The highest BCUT2D eigenvalue weighted by atomic mass is 19.1. The first-order chi connectivity index (χ1) is 10.4. The lowest BCUT2D eigenvalue weighted by Crippen LogP contribution is -2.21. The van der Waals surface area contributed by atoms with Gasteiger partial charge in [-0.3, -0.25) is 0 Å². The van der Waals surface area contributed by atoms with E-state index in [1.165, 1.54) is 6.07 Å². The molecule has 0 fully saturated rings. The first-order valence-corrected chi connectivity index (χ1v) is 7.01. The van der Waals surface area contributed by atoms with Gasteiger partial charge >= 0.3 is 6.03 Å². The Hall–Kier alpha value is -2.43. The minimum Gasteiger partial charge on any atom is -0.307 e. The molecule has 2 N–H and O–H groups in total. The van der Waals surface area contributed by atoms with Gasteiger partial charge in [-0.1, -0.05) is 32.0 Å². The van der Waals surface area contributed by atoms with E-state index in [9.17, 15) is 13.6 Å². The minimum atomic E-state index is -0.816. The molecule has 0 aliphatic rings. The molecule has 2 aromatic carbocycles. The van der Waals surface area contributed by atoms with Crippen molar-refractivity contribution in [2.45, 2.75) is 26.7 Å². The van der Waals surface area contributed by atoms with Crippen LogP contribution in [-0.4, -0.2) is 6.03 Å². The average molecular weight is 304 g/mol. The number of nitrogens with one attached hydrogen (secondary N) is 2. The molecule has 3 nitrogen and oxygen atoms in total. The SMILES string of the molecule is Cc1cccc(C(C)C)c1NC(=O)Nc1ccc(F)cc1F. The molecule has 0 saturated carbocycles. The summed E-state index contributed by atoms with van der Waals surface area (Å²) in [5.74, 6) is -1.27. The molecule has 22 heavy (non-hydrogen) atoms. The predicted molar refractivity (Wildman–Crippen MR) is 84.3 cm³/mol. The molecule has 116 valence electrons. The van der Waals surface area contributed by atoms with Crippen LogP contribution in [0.2, 0.25) is 0 Å². The van der Waals surface area contributed by atoms with Gasteiger partial charge in [0.1, 0.15) is 11.6 Å². The maximum Gasteiger partial charge on any atom is 0.323 e. The Balaban J connectivity index is 2.19. The molecule has 2 rings (SSSR count). The fraction of sp³-hybridized carbons (Fsp3) is 0.235. The normalized spacial score (nSPS) is 10.6. The fourth-order valence-corrected chi connectivity index (χ4v) is 2.20. The van der Waals surface area contributed by atoms with Gasteiger partial charge in [0.05, 0.1) is 5.69 Å². The zero-order valence-corrected chi connectivity index (χ0v) is 12.7. The van der Waals surface area contributed by atoms with Crippen molar-refractivity contribution in [2.24, 2.45) is 0 Å². The number of aryl methyl sites for hydroxylation is 1. The van der Waals surface area contributed by atoms with Crippen LogP contribution in [0.5, 0.6) is 0 Å². The molecule has 0 aliphatic heterocycles. The van der Waals surface area contributed by atoms with Gasteiger partial charge in [0.15, 0.2) is 0 Å². The number of para-hydroxylation sites is 1. The molecule has 0 atom stereocenters. The second-order valence-corrected chi connectivity index (χ2v) is 5.40. The van der Waals surface area contributed by atoms with Crippen LogP contribution in [0.25, 0.3) is 0 Å². The van der Waals surface area contributed by atoms with E-state index in [-0.39, 0.29) is 11.6 Å². The van der Waals surface area contributed by atoms with E-state index >= 15 is 0 Å². The first kappa shape index (κ1) is 15.9. The van der Waals surface area contributed by atoms with Gasteiger partial charge in [0.25, 0.3) is 0 Å². The second kappa shape index (κ2) is 6.56. The molecule has 5 heteroatoms. The van der Waals surface area contributed by atoms with Gasteiger partial charge in [0, 0.05) is 11.8 Å². The van der Waals surface area contributed by atoms with E-state index < -0.39 is 17.7 Å². The van der Waals surface area contributed by atoms with E-state index in [4.69, 9.17) is 0 Å². The Labute approximate surface area is 128 Å². The lowest BCUT2D eigenvalue weighted by atomic mass is 9.98. The third-order valence-electron chi connectivity index (χ3n) is 3.34. The van der Waals surface area contributed by atoms with Gasteiger partial charge in [-0.05, 0) is 36.1 Å². The summed E-state index contributed by atoms with van der Waals surface area (Å²) in [6.45, 7) is 5.94. The smallest absolute Gasteiger partial charge is 0.307 e. The summed E-state index contributed by atoms with van der Waals surface area (Å²) in [6, 6.07) is 8.18. The molecule has 0 radical (unpaired) electrons. The topological polar surface area (TPSA) is 41.1 Å². The third-order valence-corrected chi connectivity index (χ3v) is 3.34. The summed E-state index contributed by atoms with van der Waals surface area (Å²) < 4.78 is 26.4. The predicted octanol–water partition coefficient (Wildman–Crippen LogP) is 5.04. The number of hydrogen-bond acceptors (Lipinski definition) is 1. The number of halogens is 2. The molecular formula is C17H18F2N2O. The molecule has 0 unspecified atom stereocenters. The number of urea groups is 1. The zero-order valence-electron chi connectivity index (χ0n) is 12.7. The van der Waals surface area contributed by atoms with Crippen molar-refractivity contribution >= 4 is 17.4 Å². The first-order valence-electron chi connectivity index (χ1n) is 7.01. The van der Waals surface area contributed by atoms with Gasteiger partial charge in [-0.15, -0.1) is 0 Å². The Bertz CT molecular complexity index is 699. The number of anilines is 2. The summed E-state index contributed by atoms with van der Waals surface area (Å²) in [5.41, 5.74) is 2.55. The van der Waals surface area contributed by atoms with Gasteiger partial charge in [-0.25, -0.2) is 13.6 Å². The number of carbonyl (C=O) groups excluding carboxylic acids is 1. The highest BCUT2D eigenvalue weighted by molar-refractivity contribution is 6.00. The Morgan fingerprint density at radius 2 is 1.82 bits per heavy atom. The van der Waals surface area contributed by atoms with Crippen molar-refractivity contribution in [3.8, 4) is 0 Å². The van der Waals surface area contributed by atoms with Gasteiger partial charge < -0.3 is 10.6 Å². The van der Waals surface area contributed by atoms with Crippen LogP contribution in [0, 0.1) is 18.6 Å². The Morgan fingerprint density at radius 1 is 1.09 bits per heavy atom. The van der Waals surface area contributed by atoms with Gasteiger partial charge in [-0.2, -0.15) is 0 Å². The lowest BCUT2D eigenvalue weighted by Gasteiger charge is -2.17. The van der Waals surface area contributed by atoms with Crippen molar-refractivity contribution < 1.29 is 13.6 Å². The van der Waals surface area contributed by atoms with Crippen molar-refractivity contribution in [2.75, 3.05) is 10.6 Å². The molecule has 0 spiro atoms. The van der Waals surface area contributed by atoms with Crippen LogP contribution in [0.4, 0.5) is 25.0 Å². The van der Waals surface area contributed by atoms with E-state index in [0.29, 0.717) is 5.69 Å². The third kappa shape index (κ3) is 3.61. The molecule has 0 aromatic heterocycles. The molecule has 0 aliphatic carbocycles. The molecule has 2 amide bonds. The van der Waals surface area contributed by atoms with Crippen LogP contribution < -0.4 is 10.6 Å². The van der Waals surface area contributed by atoms with Crippen molar-refractivity contribution in [3.63, 3.8) is 0 Å². The van der Waals surface area contributed by atoms with Crippen LogP contribution >= 0.6 is 0 Å². The number of benzene rings is 2. The standard InChI is InChI=1S/C17H18F2N2O/c1-10(2)13-6-4-5-11(3)16(13)21-17(22)20-15-8-7-12(18)9-14(15)19/h4-10H,1-3H3,(H2,20,21,22).